The topological polar surface area (TPSA) is 78.1 Å². The molecule has 6 N–H and O–H groups in total. The summed E-state index contributed by atoms with van der Waals surface area (Å²) >= 11 is 0. The Morgan fingerprint density at radius 2 is 1.36 bits per heavy atom. The highest BCUT2D eigenvalue weighted by Gasteiger charge is 2.40. The van der Waals surface area contributed by atoms with Crippen LogP contribution < -0.4 is 17.2 Å². The van der Waals surface area contributed by atoms with Crippen LogP contribution >= 0.6 is 0 Å². The summed E-state index contributed by atoms with van der Waals surface area (Å²) in [6.45, 7) is 8.00. The molecule has 3 nitrogen and oxygen atoms in total. The van der Waals surface area contributed by atoms with E-state index in [0.29, 0.717) is 22.9 Å². The minimum absolute atomic E-state index is 0.337. The predicted octanol–water partition coefficient (Wildman–Crippen LogP) is 5.11. The predicted molar refractivity (Wildman–Crippen MR) is 112 cm³/mol. The van der Waals surface area contributed by atoms with Crippen molar-refractivity contribution in [3.05, 3.63) is 0 Å². The molecule has 150 valence electrons. The molecular formula is C22H47N3. The summed E-state index contributed by atoms with van der Waals surface area (Å²) in [5, 5.41) is 0. The summed E-state index contributed by atoms with van der Waals surface area (Å²) in [5.74, 6) is 0. The zero-order valence-electron chi connectivity index (χ0n) is 17.5. The molecule has 1 saturated carbocycles. The molecule has 0 saturated heterocycles. The molecule has 0 radical (unpaired) electrons. The molecule has 1 rings (SSSR count). The van der Waals surface area contributed by atoms with E-state index in [1.807, 2.05) is 0 Å². The van der Waals surface area contributed by atoms with Gasteiger partial charge in [0.05, 0.1) is 0 Å². The third-order valence-electron chi connectivity index (χ3n) is 6.01. The van der Waals surface area contributed by atoms with E-state index in [0.717, 1.165) is 25.8 Å². The Balaban J connectivity index is 2.07. The normalized spacial score (nSPS) is 27.4. The van der Waals surface area contributed by atoms with Crippen molar-refractivity contribution in [3.8, 4) is 0 Å². The SMILES string of the molecule is CC1(C)CC(N)CC(C)(CC(N)CCCCCCCCCCCN)C1. The van der Waals surface area contributed by atoms with E-state index in [-0.39, 0.29) is 0 Å². The van der Waals surface area contributed by atoms with E-state index in [2.05, 4.69) is 20.8 Å². The first kappa shape index (κ1) is 22.9. The quantitative estimate of drug-likeness (QED) is 0.403. The lowest BCUT2D eigenvalue weighted by Crippen LogP contribution is -2.44. The van der Waals surface area contributed by atoms with Gasteiger partial charge in [0.2, 0.25) is 0 Å². The van der Waals surface area contributed by atoms with Gasteiger partial charge in [0, 0.05) is 12.1 Å². The Bertz CT molecular complexity index is 342. The molecule has 0 aliphatic heterocycles. The van der Waals surface area contributed by atoms with Crippen LogP contribution in [0, 0.1) is 10.8 Å². The van der Waals surface area contributed by atoms with Crippen molar-refractivity contribution in [2.24, 2.45) is 28.0 Å². The standard InChI is InChI=1S/C22H47N3/c1-21(2)15-20(25)17-22(3,18-21)16-19(24)13-11-9-7-5-4-6-8-10-12-14-23/h19-20H,4-18,23-25H2,1-3H3. The average Bonchev–Trinajstić information content (AvgIpc) is 2.46. The zero-order valence-corrected chi connectivity index (χ0v) is 17.5. The lowest BCUT2D eigenvalue weighted by Gasteiger charge is -2.46. The first-order valence-electron chi connectivity index (χ1n) is 11.0. The molecular weight excluding hydrogens is 306 g/mol. The van der Waals surface area contributed by atoms with Crippen molar-refractivity contribution in [2.75, 3.05) is 6.54 Å². The molecule has 3 atom stereocenters. The van der Waals surface area contributed by atoms with Crippen molar-refractivity contribution in [1.29, 1.82) is 0 Å². The monoisotopic (exact) mass is 353 g/mol. The van der Waals surface area contributed by atoms with Crippen LogP contribution in [0.1, 0.15) is 111 Å². The Morgan fingerprint density at radius 3 is 1.88 bits per heavy atom. The molecule has 1 fully saturated rings. The van der Waals surface area contributed by atoms with Crippen LogP contribution in [0.25, 0.3) is 0 Å². The maximum atomic E-state index is 6.48. The van der Waals surface area contributed by atoms with Gasteiger partial charge in [-0.3, -0.25) is 0 Å². The van der Waals surface area contributed by atoms with Gasteiger partial charge >= 0.3 is 0 Å². The average molecular weight is 354 g/mol. The number of hydrogen-bond donors (Lipinski definition) is 3. The van der Waals surface area contributed by atoms with Crippen molar-refractivity contribution >= 4 is 0 Å². The van der Waals surface area contributed by atoms with E-state index >= 15 is 0 Å². The van der Waals surface area contributed by atoms with Crippen LogP contribution in [0.5, 0.6) is 0 Å². The summed E-state index contributed by atoms with van der Waals surface area (Å²) < 4.78 is 0. The third kappa shape index (κ3) is 10.6. The fourth-order valence-corrected chi connectivity index (χ4v) is 5.39. The summed E-state index contributed by atoms with van der Waals surface area (Å²) in [7, 11) is 0. The van der Waals surface area contributed by atoms with Gasteiger partial charge < -0.3 is 17.2 Å². The highest BCUT2D eigenvalue weighted by Crippen LogP contribution is 2.48. The van der Waals surface area contributed by atoms with Gasteiger partial charge in [0.1, 0.15) is 0 Å². The van der Waals surface area contributed by atoms with Crippen LogP contribution in [0.3, 0.4) is 0 Å². The van der Waals surface area contributed by atoms with Crippen LogP contribution in [0.2, 0.25) is 0 Å². The molecule has 0 bridgehead atoms. The highest BCUT2D eigenvalue weighted by atomic mass is 14.7. The van der Waals surface area contributed by atoms with Gasteiger partial charge in [0.15, 0.2) is 0 Å². The molecule has 1 aliphatic carbocycles. The van der Waals surface area contributed by atoms with Crippen LogP contribution in [0.4, 0.5) is 0 Å². The van der Waals surface area contributed by atoms with E-state index in [1.165, 1.54) is 70.6 Å². The summed E-state index contributed by atoms with van der Waals surface area (Å²) in [6.07, 6.45) is 17.9. The highest BCUT2D eigenvalue weighted by molar-refractivity contribution is 4.94. The van der Waals surface area contributed by atoms with Gasteiger partial charge in [-0.1, -0.05) is 72.1 Å². The van der Waals surface area contributed by atoms with Gasteiger partial charge in [0.25, 0.3) is 0 Å². The van der Waals surface area contributed by atoms with E-state index in [1.54, 1.807) is 0 Å². The van der Waals surface area contributed by atoms with Gasteiger partial charge in [-0.15, -0.1) is 0 Å². The molecule has 0 heterocycles. The summed E-state index contributed by atoms with van der Waals surface area (Å²) in [4.78, 5) is 0. The first-order chi connectivity index (χ1) is 11.8. The first-order valence-corrected chi connectivity index (χ1v) is 11.0. The largest absolute Gasteiger partial charge is 0.330 e. The van der Waals surface area contributed by atoms with Gasteiger partial charge in [-0.2, -0.15) is 0 Å². The second kappa shape index (κ2) is 11.6. The lowest BCUT2D eigenvalue weighted by molar-refractivity contribution is 0.0690. The summed E-state index contributed by atoms with van der Waals surface area (Å²) in [6, 6.07) is 0.702. The minimum atomic E-state index is 0.337. The molecule has 1 aliphatic rings. The maximum Gasteiger partial charge on any atom is 0.00491 e. The third-order valence-corrected chi connectivity index (χ3v) is 6.01. The molecule has 0 spiro atoms. The molecule has 3 heteroatoms. The lowest BCUT2D eigenvalue weighted by atomic mass is 9.61. The second-order valence-electron chi connectivity index (χ2n) is 10.0. The molecule has 0 aromatic rings. The number of hydrogen-bond acceptors (Lipinski definition) is 3. The number of rotatable bonds is 13. The molecule has 25 heavy (non-hydrogen) atoms. The Labute approximate surface area is 157 Å². The fourth-order valence-electron chi connectivity index (χ4n) is 5.39. The Morgan fingerprint density at radius 1 is 0.840 bits per heavy atom. The minimum Gasteiger partial charge on any atom is -0.330 e. The van der Waals surface area contributed by atoms with E-state index in [4.69, 9.17) is 17.2 Å². The number of unbranched alkanes of at least 4 members (excludes halogenated alkanes) is 8. The van der Waals surface area contributed by atoms with E-state index < -0.39 is 0 Å². The van der Waals surface area contributed by atoms with E-state index in [9.17, 15) is 0 Å². The summed E-state index contributed by atoms with van der Waals surface area (Å²) in [5.41, 5.74) is 19.0. The van der Waals surface area contributed by atoms with Crippen molar-refractivity contribution in [1.82, 2.24) is 0 Å². The van der Waals surface area contributed by atoms with Crippen molar-refractivity contribution < 1.29 is 0 Å². The van der Waals surface area contributed by atoms with Crippen LogP contribution in [0.15, 0.2) is 0 Å². The van der Waals surface area contributed by atoms with Gasteiger partial charge in [-0.25, -0.2) is 0 Å². The fraction of sp³-hybridized carbons (Fsp3) is 1.00. The van der Waals surface area contributed by atoms with Crippen molar-refractivity contribution in [2.45, 2.75) is 123 Å². The van der Waals surface area contributed by atoms with Gasteiger partial charge in [-0.05, 0) is 55.9 Å². The molecule has 3 unspecified atom stereocenters. The zero-order chi connectivity index (χ0) is 18.8. The smallest absolute Gasteiger partial charge is 0.00491 e. The maximum absolute atomic E-state index is 6.48. The molecule has 0 amide bonds. The second-order valence-corrected chi connectivity index (χ2v) is 10.0. The Kier molecular flexibility index (Phi) is 10.6. The Hall–Kier alpha value is -0.120. The van der Waals surface area contributed by atoms with Crippen molar-refractivity contribution in [3.63, 3.8) is 0 Å². The molecule has 0 aromatic carbocycles. The number of nitrogens with two attached hydrogens (primary N) is 3. The molecule has 0 aromatic heterocycles. The van der Waals surface area contributed by atoms with Crippen LogP contribution in [-0.2, 0) is 0 Å². The van der Waals surface area contributed by atoms with Crippen LogP contribution in [-0.4, -0.2) is 18.6 Å².